The van der Waals surface area contributed by atoms with Crippen molar-refractivity contribution in [1.29, 1.82) is 0 Å². The summed E-state index contributed by atoms with van der Waals surface area (Å²) in [6, 6.07) is 9.49. The standard InChI is InChI=1S/C21H20ClFN4O4S2/c1-27-18(20(28)25-13-5-8-16(23)15(22)9-13)10-17(26-33(27,29)30)21-24-11-19(32-21)12-3-6-14(31-2)7-4-12/h3-9,11,17-18,26H,10H2,1-2H3,(H,25,28). The number of likely N-dealkylation sites (N-methyl/N-ethyl adjacent to an activating group) is 1. The fourth-order valence-electron chi connectivity index (χ4n) is 3.41. The molecule has 8 nitrogen and oxygen atoms in total. The van der Waals surface area contributed by atoms with E-state index in [4.69, 9.17) is 16.3 Å². The third-order valence-corrected chi connectivity index (χ3v) is 8.30. The molecule has 0 bridgehead atoms. The molecular weight excluding hydrogens is 491 g/mol. The summed E-state index contributed by atoms with van der Waals surface area (Å²) in [6.45, 7) is 0. The third-order valence-electron chi connectivity index (χ3n) is 5.25. The molecule has 174 valence electrons. The Hall–Kier alpha value is -2.57. The molecule has 12 heteroatoms. The minimum absolute atomic E-state index is 0.147. The van der Waals surface area contributed by atoms with Gasteiger partial charge in [0.05, 0.1) is 23.1 Å². The Morgan fingerprint density at radius 2 is 2.03 bits per heavy atom. The maximum Gasteiger partial charge on any atom is 0.280 e. The molecule has 2 heterocycles. The van der Waals surface area contributed by atoms with E-state index in [2.05, 4.69) is 15.0 Å². The minimum atomic E-state index is -3.94. The number of nitrogens with zero attached hydrogens (tertiary/aromatic N) is 2. The van der Waals surface area contributed by atoms with Crippen molar-refractivity contribution >= 4 is 44.7 Å². The summed E-state index contributed by atoms with van der Waals surface area (Å²) in [5, 5.41) is 3.00. The number of benzene rings is 2. The molecule has 4 rings (SSSR count). The largest absolute Gasteiger partial charge is 0.497 e. The van der Waals surface area contributed by atoms with Crippen LogP contribution < -0.4 is 14.8 Å². The van der Waals surface area contributed by atoms with Gasteiger partial charge in [-0.2, -0.15) is 17.4 Å². The summed E-state index contributed by atoms with van der Waals surface area (Å²) in [4.78, 5) is 18.2. The molecule has 1 saturated heterocycles. The zero-order chi connectivity index (χ0) is 23.8. The van der Waals surface area contributed by atoms with Gasteiger partial charge in [0.15, 0.2) is 0 Å². The van der Waals surface area contributed by atoms with Gasteiger partial charge in [-0.15, -0.1) is 11.3 Å². The maximum atomic E-state index is 13.4. The highest BCUT2D eigenvalue weighted by molar-refractivity contribution is 7.87. The number of rotatable bonds is 5. The van der Waals surface area contributed by atoms with Crippen LogP contribution in [0.2, 0.25) is 5.02 Å². The average molecular weight is 511 g/mol. The smallest absolute Gasteiger partial charge is 0.280 e. The summed E-state index contributed by atoms with van der Waals surface area (Å²) < 4.78 is 47.5. The van der Waals surface area contributed by atoms with E-state index >= 15 is 0 Å². The lowest BCUT2D eigenvalue weighted by Crippen LogP contribution is -2.55. The van der Waals surface area contributed by atoms with Gasteiger partial charge in [-0.1, -0.05) is 11.6 Å². The molecule has 1 aliphatic rings. The van der Waals surface area contributed by atoms with Gasteiger partial charge >= 0.3 is 0 Å². The molecule has 2 unspecified atom stereocenters. The molecule has 1 amide bonds. The molecular formula is C21H20ClFN4O4S2. The van der Waals surface area contributed by atoms with Gasteiger partial charge in [-0.25, -0.2) is 9.37 Å². The average Bonchev–Trinajstić information content (AvgIpc) is 3.28. The number of anilines is 1. The van der Waals surface area contributed by atoms with Gasteiger partial charge in [0.25, 0.3) is 10.2 Å². The number of carbonyl (C=O) groups is 1. The van der Waals surface area contributed by atoms with Crippen molar-refractivity contribution in [3.8, 4) is 16.2 Å². The number of ether oxygens (including phenoxy) is 1. The highest BCUT2D eigenvalue weighted by atomic mass is 35.5. The third kappa shape index (κ3) is 5.02. The predicted octanol–water partition coefficient (Wildman–Crippen LogP) is 3.83. The summed E-state index contributed by atoms with van der Waals surface area (Å²) in [5.74, 6) is -0.447. The fraction of sp³-hybridized carbons (Fsp3) is 0.238. The highest BCUT2D eigenvalue weighted by Crippen LogP contribution is 2.35. The van der Waals surface area contributed by atoms with E-state index < -0.39 is 34.0 Å². The lowest BCUT2D eigenvalue weighted by molar-refractivity contribution is -0.120. The summed E-state index contributed by atoms with van der Waals surface area (Å²) >= 11 is 7.11. The van der Waals surface area contributed by atoms with Crippen LogP contribution in [0.5, 0.6) is 5.75 Å². The molecule has 2 atom stereocenters. The zero-order valence-electron chi connectivity index (χ0n) is 17.6. The van der Waals surface area contributed by atoms with Gasteiger partial charge in [0.2, 0.25) is 5.91 Å². The molecule has 0 saturated carbocycles. The Bertz CT molecular complexity index is 1280. The van der Waals surface area contributed by atoms with Crippen LogP contribution in [0.3, 0.4) is 0 Å². The second-order valence-corrected chi connectivity index (χ2v) is 10.6. The SMILES string of the molecule is COc1ccc(-c2cnc(C3CC(C(=O)Nc4ccc(F)c(Cl)c4)N(C)S(=O)(=O)N3)s2)cc1. The van der Waals surface area contributed by atoms with Crippen LogP contribution in [0.1, 0.15) is 17.5 Å². The summed E-state index contributed by atoms with van der Waals surface area (Å²) in [5.41, 5.74) is 1.18. The molecule has 0 radical (unpaired) electrons. The molecule has 1 aliphatic heterocycles. The quantitative estimate of drug-likeness (QED) is 0.543. The molecule has 3 aromatic rings. The first-order chi connectivity index (χ1) is 15.7. The Morgan fingerprint density at radius 1 is 1.30 bits per heavy atom. The summed E-state index contributed by atoms with van der Waals surface area (Å²) in [7, 11) is -1.03. The van der Waals surface area contributed by atoms with E-state index in [9.17, 15) is 17.6 Å². The number of methoxy groups -OCH3 is 1. The number of aromatic nitrogens is 1. The molecule has 1 aromatic heterocycles. The number of amides is 1. The molecule has 0 aliphatic carbocycles. The molecule has 2 aromatic carbocycles. The first kappa shape index (κ1) is 23.6. The molecule has 33 heavy (non-hydrogen) atoms. The van der Waals surface area contributed by atoms with Crippen LogP contribution in [0, 0.1) is 5.82 Å². The van der Waals surface area contributed by atoms with Crippen molar-refractivity contribution in [2.75, 3.05) is 19.5 Å². The maximum absolute atomic E-state index is 13.4. The van der Waals surface area contributed by atoms with Crippen molar-refractivity contribution in [1.82, 2.24) is 14.0 Å². The number of halogens is 2. The lowest BCUT2D eigenvalue weighted by Gasteiger charge is -2.35. The van der Waals surface area contributed by atoms with Crippen molar-refractivity contribution in [2.24, 2.45) is 0 Å². The fourth-order valence-corrected chi connectivity index (χ4v) is 5.90. The topological polar surface area (TPSA) is 101 Å². The minimum Gasteiger partial charge on any atom is -0.497 e. The van der Waals surface area contributed by atoms with Crippen LogP contribution >= 0.6 is 22.9 Å². The van der Waals surface area contributed by atoms with E-state index in [1.165, 1.54) is 30.5 Å². The number of thiazole rings is 1. The Morgan fingerprint density at radius 3 is 2.70 bits per heavy atom. The van der Waals surface area contributed by atoms with Crippen LogP contribution in [0.15, 0.2) is 48.7 Å². The van der Waals surface area contributed by atoms with Gasteiger partial charge < -0.3 is 10.1 Å². The van der Waals surface area contributed by atoms with E-state index in [0.29, 0.717) is 5.01 Å². The summed E-state index contributed by atoms with van der Waals surface area (Å²) in [6.07, 6.45) is 1.83. The van der Waals surface area contributed by atoms with Gasteiger partial charge in [0.1, 0.15) is 22.6 Å². The van der Waals surface area contributed by atoms with E-state index in [1.54, 1.807) is 13.3 Å². The number of hydrogen-bond acceptors (Lipinski definition) is 6. The van der Waals surface area contributed by atoms with Gasteiger partial charge in [-0.3, -0.25) is 4.79 Å². The lowest BCUT2D eigenvalue weighted by atomic mass is 10.1. The predicted molar refractivity (Wildman–Crippen MR) is 125 cm³/mol. The monoisotopic (exact) mass is 510 g/mol. The van der Waals surface area contributed by atoms with Crippen molar-refractivity contribution in [2.45, 2.75) is 18.5 Å². The number of nitrogens with one attached hydrogen (secondary N) is 2. The number of carbonyl (C=O) groups excluding carboxylic acids is 1. The van der Waals surface area contributed by atoms with Crippen molar-refractivity contribution < 1.29 is 22.3 Å². The first-order valence-electron chi connectivity index (χ1n) is 9.79. The van der Waals surface area contributed by atoms with Gasteiger partial charge in [-0.05, 0) is 54.4 Å². The Kier molecular flexibility index (Phi) is 6.68. The molecule has 1 fully saturated rings. The molecule has 0 spiro atoms. The van der Waals surface area contributed by atoms with E-state index in [-0.39, 0.29) is 17.1 Å². The second kappa shape index (κ2) is 9.35. The second-order valence-electron chi connectivity index (χ2n) is 7.35. The Labute approximate surface area is 199 Å². The van der Waals surface area contributed by atoms with E-state index in [1.807, 2.05) is 24.3 Å². The normalized spacial score (nSPS) is 20.4. The van der Waals surface area contributed by atoms with Crippen LogP contribution in [0.4, 0.5) is 10.1 Å². The van der Waals surface area contributed by atoms with Crippen molar-refractivity contribution in [3.05, 3.63) is 64.5 Å². The van der Waals surface area contributed by atoms with Gasteiger partial charge in [0, 0.05) is 18.9 Å². The highest BCUT2D eigenvalue weighted by Gasteiger charge is 2.41. The van der Waals surface area contributed by atoms with Crippen molar-refractivity contribution in [3.63, 3.8) is 0 Å². The van der Waals surface area contributed by atoms with Crippen LogP contribution in [-0.2, 0) is 15.0 Å². The van der Waals surface area contributed by atoms with E-state index in [0.717, 1.165) is 26.6 Å². The Balaban J connectivity index is 1.55. The van der Waals surface area contributed by atoms with Crippen LogP contribution in [-0.4, -0.2) is 43.8 Å². The number of hydrogen-bond donors (Lipinski definition) is 2. The molecule has 2 N–H and O–H groups in total. The zero-order valence-corrected chi connectivity index (χ0v) is 20.0. The van der Waals surface area contributed by atoms with Crippen LogP contribution in [0.25, 0.3) is 10.4 Å². The first-order valence-corrected chi connectivity index (χ1v) is 12.4.